The first-order chi connectivity index (χ1) is 9.61. The highest BCUT2D eigenvalue weighted by molar-refractivity contribution is 9.10. The standard InChI is InChI=1S/C15H16Br2FNS/c1-2-6-19-14(15-13(17)5-7-20-15)9-10-8-11(18)3-4-12(10)16/h3-5,7-8,14,19H,2,6,9H2,1H3. The molecule has 108 valence electrons. The van der Waals surface area contributed by atoms with Crippen molar-refractivity contribution >= 4 is 43.2 Å². The van der Waals surface area contributed by atoms with E-state index in [9.17, 15) is 4.39 Å². The van der Waals surface area contributed by atoms with E-state index in [1.165, 1.54) is 10.9 Å². The van der Waals surface area contributed by atoms with E-state index in [0.29, 0.717) is 0 Å². The minimum atomic E-state index is -0.192. The summed E-state index contributed by atoms with van der Waals surface area (Å²) in [6.45, 7) is 3.09. The molecule has 0 saturated carbocycles. The third-order valence-electron chi connectivity index (χ3n) is 3.03. The van der Waals surface area contributed by atoms with Gasteiger partial charge in [-0.05, 0) is 70.5 Å². The van der Waals surface area contributed by atoms with Crippen molar-refractivity contribution in [1.29, 1.82) is 0 Å². The fourth-order valence-corrected chi connectivity index (χ4v) is 4.18. The summed E-state index contributed by atoms with van der Waals surface area (Å²) in [4.78, 5) is 1.26. The predicted octanol–water partition coefficient (Wildman–Crippen LogP) is 5.70. The Balaban J connectivity index is 2.23. The van der Waals surface area contributed by atoms with Gasteiger partial charge in [0.25, 0.3) is 0 Å². The molecule has 1 heterocycles. The Kier molecular flexibility index (Phi) is 6.20. The van der Waals surface area contributed by atoms with Crippen molar-refractivity contribution < 1.29 is 4.39 Å². The monoisotopic (exact) mass is 419 g/mol. The van der Waals surface area contributed by atoms with E-state index in [2.05, 4.69) is 55.5 Å². The van der Waals surface area contributed by atoms with Crippen molar-refractivity contribution in [2.24, 2.45) is 0 Å². The zero-order chi connectivity index (χ0) is 14.5. The molecule has 1 nitrogen and oxygen atoms in total. The van der Waals surface area contributed by atoms with Gasteiger partial charge in [0.2, 0.25) is 0 Å². The SMILES string of the molecule is CCCNC(Cc1cc(F)ccc1Br)c1sccc1Br. The number of benzene rings is 1. The molecule has 20 heavy (non-hydrogen) atoms. The summed E-state index contributed by atoms with van der Waals surface area (Å²) in [7, 11) is 0. The lowest BCUT2D eigenvalue weighted by Crippen LogP contribution is -2.23. The smallest absolute Gasteiger partial charge is 0.123 e. The first-order valence-electron chi connectivity index (χ1n) is 6.52. The molecule has 0 fully saturated rings. The maximum absolute atomic E-state index is 13.4. The fourth-order valence-electron chi connectivity index (χ4n) is 2.05. The molecule has 0 bridgehead atoms. The number of halogens is 3. The summed E-state index contributed by atoms with van der Waals surface area (Å²) in [5.41, 5.74) is 0.985. The molecule has 0 aliphatic carbocycles. The summed E-state index contributed by atoms with van der Waals surface area (Å²) in [5.74, 6) is -0.192. The van der Waals surface area contributed by atoms with Crippen LogP contribution in [0.1, 0.15) is 29.8 Å². The van der Waals surface area contributed by atoms with Gasteiger partial charge in [0.05, 0.1) is 0 Å². The summed E-state index contributed by atoms with van der Waals surface area (Å²) in [5, 5.41) is 5.62. The lowest BCUT2D eigenvalue weighted by atomic mass is 10.0. The van der Waals surface area contributed by atoms with Crippen LogP contribution in [0.4, 0.5) is 4.39 Å². The largest absolute Gasteiger partial charge is 0.309 e. The molecule has 0 spiro atoms. The van der Waals surface area contributed by atoms with Crippen molar-refractivity contribution in [3.8, 4) is 0 Å². The predicted molar refractivity (Wildman–Crippen MR) is 90.9 cm³/mol. The topological polar surface area (TPSA) is 12.0 Å². The van der Waals surface area contributed by atoms with E-state index in [0.717, 1.165) is 33.9 Å². The third-order valence-corrected chi connectivity index (χ3v) is 5.79. The average Bonchev–Trinajstić information content (AvgIpc) is 2.84. The molecular weight excluding hydrogens is 405 g/mol. The molecule has 1 aromatic carbocycles. The summed E-state index contributed by atoms with van der Waals surface area (Å²) < 4.78 is 15.5. The van der Waals surface area contributed by atoms with Crippen LogP contribution in [0.5, 0.6) is 0 Å². The molecule has 0 radical (unpaired) electrons. The molecular formula is C15H16Br2FNS. The van der Waals surface area contributed by atoms with E-state index < -0.39 is 0 Å². The van der Waals surface area contributed by atoms with Gasteiger partial charge in [0, 0.05) is 19.9 Å². The Morgan fingerprint density at radius 1 is 1.25 bits per heavy atom. The Labute approximate surface area is 139 Å². The zero-order valence-electron chi connectivity index (χ0n) is 11.1. The van der Waals surface area contributed by atoms with Crippen LogP contribution in [-0.2, 0) is 6.42 Å². The molecule has 0 amide bonds. The molecule has 0 aliphatic rings. The van der Waals surface area contributed by atoms with Gasteiger partial charge in [0.15, 0.2) is 0 Å². The van der Waals surface area contributed by atoms with Crippen LogP contribution in [0.25, 0.3) is 0 Å². The number of rotatable bonds is 6. The van der Waals surface area contributed by atoms with Crippen LogP contribution < -0.4 is 5.32 Å². The highest BCUT2D eigenvalue weighted by atomic mass is 79.9. The first-order valence-corrected chi connectivity index (χ1v) is 8.98. The Hall–Kier alpha value is -0.230. The molecule has 2 rings (SSSR count). The molecule has 2 aromatic rings. The van der Waals surface area contributed by atoms with Crippen LogP contribution >= 0.6 is 43.2 Å². The van der Waals surface area contributed by atoms with Crippen LogP contribution in [0.15, 0.2) is 38.6 Å². The van der Waals surface area contributed by atoms with Gasteiger partial charge >= 0.3 is 0 Å². The minimum Gasteiger partial charge on any atom is -0.309 e. The highest BCUT2D eigenvalue weighted by Crippen LogP contribution is 2.32. The maximum atomic E-state index is 13.4. The summed E-state index contributed by atoms with van der Waals surface area (Å²) >= 11 is 8.81. The third kappa shape index (κ3) is 4.13. The zero-order valence-corrected chi connectivity index (χ0v) is 15.1. The van der Waals surface area contributed by atoms with Crippen LogP contribution in [0, 0.1) is 5.82 Å². The maximum Gasteiger partial charge on any atom is 0.123 e. The van der Waals surface area contributed by atoms with Crippen LogP contribution in [0.3, 0.4) is 0 Å². The van der Waals surface area contributed by atoms with E-state index in [1.54, 1.807) is 23.5 Å². The summed E-state index contributed by atoms with van der Waals surface area (Å²) in [6, 6.07) is 7.10. The second kappa shape index (κ2) is 7.69. The van der Waals surface area contributed by atoms with E-state index in [4.69, 9.17) is 0 Å². The number of hydrogen-bond acceptors (Lipinski definition) is 2. The van der Waals surface area contributed by atoms with Crippen LogP contribution in [0.2, 0.25) is 0 Å². The molecule has 5 heteroatoms. The van der Waals surface area contributed by atoms with E-state index in [-0.39, 0.29) is 11.9 Å². The van der Waals surface area contributed by atoms with Gasteiger partial charge in [0.1, 0.15) is 5.82 Å². The van der Waals surface area contributed by atoms with E-state index >= 15 is 0 Å². The van der Waals surface area contributed by atoms with Crippen molar-refractivity contribution in [3.05, 3.63) is 54.8 Å². The second-order valence-corrected chi connectivity index (χ2v) is 7.24. The molecule has 1 atom stereocenters. The molecule has 0 saturated heterocycles. The lowest BCUT2D eigenvalue weighted by molar-refractivity contribution is 0.532. The number of thiophene rings is 1. The molecule has 0 aliphatic heterocycles. The first kappa shape index (κ1) is 16.1. The lowest BCUT2D eigenvalue weighted by Gasteiger charge is -2.19. The van der Waals surface area contributed by atoms with Gasteiger partial charge in [-0.25, -0.2) is 4.39 Å². The van der Waals surface area contributed by atoms with Gasteiger partial charge < -0.3 is 5.32 Å². The molecule has 1 unspecified atom stereocenters. The van der Waals surface area contributed by atoms with Gasteiger partial charge in [-0.3, -0.25) is 0 Å². The normalized spacial score (nSPS) is 12.6. The Bertz CT molecular complexity index is 571. The second-order valence-electron chi connectivity index (χ2n) is 4.58. The fraction of sp³-hybridized carbons (Fsp3) is 0.333. The van der Waals surface area contributed by atoms with Crippen molar-refractivity contribution in [1.82, 2.24) is 5.32 Å². The number of hydrogen-bond donors (Lipinski definition) is 1. The van der Waals surface area contributed by atoms with E-state index in [1.807, 2.05) is 0 Å². The minimum absolute atomic E-state index is 0.192. The van der Waals surface area contributed by atoms with Gasteiger partial charge in [-0.2, -0.15) is 0 Å². The average molecular weight is 421 g/mol. The van der Waals surface area contributed by atoms with Crippen LogP contribution in [-0.4, -0.2) is 6.54 Å². The van der Waals surface area contributed by atoms with Gasteiger partial charge in [-0.1, -0.05) is 22.9 Å². The molecule has 1 aromatic heterocycles. The van der Waals surface area contributed by atoms with Crippen molar-refractivity contribution in [2.45, 2.75) is 25.8 Å². The summed E-state index contributed by atoms with van der Waals surface area (Å²) in [6.07, 6.45) is 1.83. The quantitative estimate of drug-likeness (QED) is 0.632. The Morgan fingerprint density at radius 2 is 2.05 bits per heavy atom. The van der Waals surface area contributed by atoms with Crippen molar-refractivity contribution in [3.63, 3.8) is 0 Å². The highest BCUT2D eigenvalue weighted by Gasteiger charge is 2.17. The Morgan fingerprint density at radius 3 is 2.70 bits per heavy atom. The van der Waals surface area contributed by atoms with Gasteiger partial charge in [-0.15, -0.1) is 11.3 Å². The molecule has 1 N–H and O–H groups in total. The van der Waals surface area contributed by atoms with Crippen molar-refractivity contribution in [2.75, 3.05) is 6.54 Å². The number of nitrogens with one attached hydrogen (secondary N) is 1.